The summed E-state index contributed by atoms with van der Waals surface area (Å²) in [4.78, 5) is 20.6. The summed E-state index contributed by atoms with van der Waals surface area (Å²) in [6, 6.07) is 12.8. The minimum atomic E-state index is -1.04. The normalized spacial score (nSPS) is 17.2. The molecule has 3 N–H and O–H groups in total. The van der Waals surface area contributed by atoms with Gasteiger partial charge >= 0.3 is 0 Å². The second-order valence-electron chi connectivity index (χ2n) is 7.92. The number of nitrogens with one attached hydrogen (secondary N) is 1. The lowest BCUT2D eigenvalue weighted by molar-refractivity contribution is 0.104. The fourth-order valence-electron chi connectivity index (χ4n) is 3.89. The predicted molar refractivity (Wildman–Crippen MR) is 138 cm³/mol. The third-order valence-corrected chi connectivity index (χ3v) is 8.75. The number of ketones is 1. The minimum absolute atomic E-state index is 0.109. The van der Waals surface area contributed by atoms with Crippen LogP contribution in [0.15, 0.2) is 47.4 Å². The number of likely N-dealkylation sites (tertiary alicyclic amines) is 1. The Morgan fingerprint density at radius 2 is 1.94 bits per heavy atom. The highest BCUT2D eigenvalue weighted by atomic mass is 35.5. The lowest BCUT2D eigenvalue weighted by atomic mass is 10.1. The van der Waals surface area contributed by atoms with Crippen molar-refractivity contribution < 1.29 is 9.00 Å². The van der Waals surface area contributed by atoms with Crippen molar-refractivity contribution in [1.82, 2.24) is 9.88 Å². The van der Waals surface area contributed by atoms with Gasteiger partial charge < -0.3 is 16.0 Å². The molecule has 0 bridgehead atoms. The van der Waals surface area contributed by atoms with E-state index in [4.69, 9.17) is 28.9 Å². The van der Waals surface area contributed by atoms with Gasteiger partial charge in [0.15, 0.2) is 5.13 Å². The molecule has 0 spiro atoms. The van der Waals surface area contributed by atoms with E-state index in [2.05, 4.69) is 22.2 Å². The maximum atomic E-state index is 12.9. The maximum Gasteiger partial charge on any atom is 0.209 e. The van der Waals surface area contributed by atoms with Crippen LogP contribution in [0.5, 0.6) is 0 Å². The molecule has 0 saturated carbocycles. The van der Waals surface area contributed by atoms with Crippen LogP contribution in [0.25, 0.3) is 0 Å². The summed E-state index contributed by atoms with van der Waals surface area (Å²) in [6.07, 6.45) is 3.34. The number of carbonyl (C=O) groups is 1. The average Bonchev–Trinajstić information content (AvgIpc) is 3.37. The van der Waals surface area contributed by atoms with E-state index in [1.54, 1.807) is 18.2 Å². The van der Waals surface area contributed by atoms with E-state index in [9.17, 15) is 9.00 Å². The SMILES string of the molecule is CN1CCCC1CCS(=O)c1ccc(Nc2nc(N)c(C(=O)c3c(Cl)cccc3Cl)s2)cc1. The van der Waals surface area contributed by atoms with Crippen LogP contribution in [0.1, 0.15) is 34.5 Å². The maximum absolute atomic E-state index is 12.9. The topological polar surface area (TPSA) is 88.3 Å². The van der Waals surface area contributed by atoms with Gasteiger partial charge in [-0.05, 0) is 69.3 Å². The number of carbonyl (C=O) groups excluding carboxylic acids is 1. The van der Waals surface area contributed by atoms with Crippen molar-refractivity contribution in [3.63, 3.8) is 0 Å². The van der Waals surface area contributed by atoms with E-state index in [0.717, 1.165) is 34.9 Å². The van der Waals surface area contributed by atoms with E-state index in [-0.39, 0.29) is 32.1 Å². The first-order chi connectivity index (χ1) is 15.8. The second-order valence-corrected chi connectivity index (χ2v) is 11.3. The van der Waals surface area contributed by atoms with Gasteiger partial charge in [0.25, 0.3) is 0 Å². The minimum Gasteiger partial charge on any atom is -0.382 e. The van der Waals surface area contributed by atoms with E-state index in [0.29, 0.717) is 16.9 Å². The van der Waals surface area contributed by atoms with Crippen molar-refractivity contribution in [3.05, 3.63) is 63.0 Å². The van der Waals surface area contributed by atoms with Gasteiger partial charge in [0.1, 0.15) is 10.7 Å². The Kier molecular flexibility index (Phi) is 7.71. The van der Waals surface area contributed by atoms with Gasteiger partial charge in [-0.1, -0.05) is 40.6 Å². The second kappa shape index (κ2) is 10.5. The Morgan fingerprint density at radius 3 is 2.58 bits per heavy atom. The molecule has 0 radical (unpaired) electrons. The molecule has 1 fully saturated rings. The van der Waals surface area contributed by atoms with Crippen LogP contribution in [0.2, 0.25) is 10.0 Å². The van der Waals surface area contributed by atoms with Crippen LogP contribution < -0.4 is 11.1 Å². The van der Waals surface area contributed by atoms with Gasteiger partial charge in [-0.3, -0.25) is 9.00 Å². The first-order valence-corrected chi connectivity index (χ1v) is 13.4. The molecular formula is C23H24Cl2N4O2S2. The number of thiazole rings is 1. The molecule has 1 aliphatic heterocycles. The highest BCUT2D eigenvalue weighted by molar-refractivity contribution is 7.85. The average molecular weight is 524 g/mol. The molecule has 2 heterocycles. The summed E-state index contributed by atoms with van der Waals surface area (Å²) in [5.74, 6) is 0.395. The molecule has 2 unspecified atom stereocenters. The number of hydrogen-bond donors (Lipinski definition) is 2. The largest absolute Gasteiger partial charge is 0.382 e. The zero-order chi connectivity index (χ0) is 23.5. The van der Waals surface area contributed by atoms with Crippen molar-refractivity contribution in [1.29, 1.82) is 0 Å². The molecule has 10 heteroatoms. The first kappa shape index (κ1) is 24.2. The number of hydrogen-bond acceptors (Lipinski definition) is 7. The number of rotatable bonds is 8. The lowest BCUT2D eigenvalue weighted by Crippen LogP contribution is -2.26. The van der Waals surface area contributed by atoms with Gasteiger partial charge in [-0.2, -0.15) is 0 Å². The highest BCUT2D eigenvalue weighted by Gasteiger charge is 2.23. The molecule has 174 valence electrons. The van der Waals surface area contributed by atoms with Gasteiger partial charge in [-0.15, -0.1) is 0 Å². The Hall–Kier alpha value is -1.97. The lowest BCUT2D eigenvalue weighted by Gasteiger charge is -2.18. The summed E-state index contributed by atoms with van der Waals surface area (Å²) in [7, 11) is 1.10. The van der Waals surface area contributed by atoms with E-state index >= 15 is 0 Å². The van der Waals surface area contributed by atoms with Crippen LogP contribution in [0.3, 0.4) is 0 Å². The number of anilines is 3. The number of nitrogens with two attached hydrogens (primary N) is 1. The molecule has 4 rings (SSSR count). The van der Waals surface area contributed by atoms with Gasteiger partial charge in [0.05, 0.1) is 26.4 Å². The third-order valence-electron chi connectivity index (χ3n) is 5.73. The number of aromatic nitrogens is 1. The summed E-state index contributed by atoms with van der Waals surface area (Å²) < 4.78 is 12.7. The van der Waals surface area contributed by atoms with E-state index < -0.39 is 10.8 Å². The van der Waals surface area contributed by atoms with Gasteiger partial charge in [-0.25, -0.2) is 4.98 Å². The molecule has 1 aromatic heterocycles. The highest BCUT2D eigenvalue weighted by Crippen LogP contribution is 2.34. The summed E-state index contributed by atoms with van der Waals surface area (Å²) >= 11 is 13.5. The zero-order valence-corrected chi connectivity index (χ0v) is 21.2. The fourth-order valence-corrected chi connectivity index (χ4v) is 6.48. The Bertz CT molecular complexity index is 1160. The van der Waals surface area contributed by atoms with E-state index in [1.807, 2.05) is 24.3 Å². The van der Waals surface area contributed by atoms with Crippen LogP contribution in [0.4, 0.5) is 16.6 Å². The Morgan fingerprint density at radius 1 is 1.24 bits per heavy atom. The van der Waals surface area contributed by atoms with Crippen LogP contribution in [0, 0.1) is 0 Å². The Balaban J connectivity index is 1.41. The van der Waals surface area contributed by atoms with Crippen molar-refractivity contribution in [2.45, 2.75) is 30.2 Å². The molecule has 1 saturated heterocycles. The van der Waals surface area contributed by atoms with Crippen molar-refractivity contribution in [3.8, 4) is 0 Å². The monoisotopic (exact) mass is 522 g/mol. The third kappa shape index (κ3) is 5.58. The first-order valence-electron chi connectivity index (χ1n) is 10.5. The molecule has 2 aromatic carbocycles. The standard InChI is InChI=1S/C23H24Cl2N4O2S2/c1-29-12-3-4-15(29)11-13-33(31)16-9-7-14(8-10-16)27-23-28-22(26)21(32-23)20(30)19-17(24)5-2-6-18(19)25/h2,5-10,15H,3-4,11-13,26H2,1H3,(H,27,28). The number of halogens is 2. The Labute approximate surface area is 209 Å². The van der Waals surface area contributed by atoms with Crippen LogP contribution in [-0.4, -0.2) is 45.3 Å². The van der Waals surface area contributed by atoms with Crippen LogP contribution >= 0.6 is 34.5 Å². The van der Waals surface area contributed by atoms with Crippen molar-refractivity contribution in [2.75, 3.05) is 30.4 Å². The molecule has 2 atom stereocenters. The fraction of sp³-hybridized carbons (Fsp3) is 0.304. The van der Waals surface area contributed by atoms with Crippen LogP contribution in [-0.2, 0) is 10.8 Å². The summed E-state index contributed by atoms with van der Waals surface area (Å²) in [5.41, 5.74) is 6.97. The molecule has 33 heavy (non-hydrogen) atoms. The number of nitrogens with zero attached hydrogens (tertiary/aromatic N) is 2. The molecule has 3 aromatic rings. The zero-order valence-electron chi connectivity index (χ0n) is 18.0. The molecule has 0 aliphatic carbocycles. The van der Waals surface area contributed by atoms with E-state index in [1.165, 1.54) is 12.8 Å². The molecule has 0 amide bonds. The number of nitrogen functional groups attached to an aromatic ring is 1. The van der Waals surface area contributed by atoms with Crippen molar-refractivity contribution >= 4 is 67.8 Å². The molecule has 6 nitrogen and oxygen atoms in total. The summed E-state index contributed by atoms with van der Waals surface area (Å²) in [5, 5.41) is 4.15. The quantitative estimate of drug-likeness (QED) is 0.374. The summed E-state index contributed by atoms with van der Waals surface area (Å²) in [6.45, 7) is 1.12. The number of benzene rings is 2. The van der Waals surface area contributed by atoms with Crippen molar-refractivity contribution in [2.24, 2.45) is 0 Å². The predicted octanol–water partition coefficient (Wildman–Crippen LogP) is 5.60. The smallest absolute Gasteiger partial charge is 0.209 e. The molecular weight excluding hydrogens is 499 g/mol. The molecule has 1 aliphatic rings. The van der Waals surface area contributed by atoms with Gasteiger partial charge in [0.2, 0.25) is 5.78 Å². The van der Waals surface area contributed by atoms with Gasteiger partial charge in [0, 0.05) is 22.4 Å².